The highest BCUT2D eigenvalue weighted by atomic mass is 32.1. The Morgan fingerprint density at radius 2 is 2.08 bits per heavy atom. The minimum atomic E-state index is 0.647. The number of thiocarbonyl (C=S) groups is 1. The van der Waals surface area contributed by atoms with Gasteiger partial charge >= 0.3 is 0 Å². The van der Waals surface area contributed by atoms with Gasteiger partial charge in [0.15, 0.2) is 0 Å². The van der Waals surface area contributed by atoms with Gasteiger partial charge in [0.25, 0.3) is 0 Å². The zero-order valence-electron chi connectivity index (χ0n) is 7.75. The van der Waals surface area contributed by atoms with E-state index in [0.29, 0.717) is 4.99 Å². The summed E-state index contributed by atoms with van der Waals surface area (Å²) in [5, 5.41) is 0. The predicted octanol–water partition coefficient (Wildman–Crippen LogP) is 1.39. The first-order valence-electron chi connectivity index (χ1n) is 4.69. The third-order valence-electron chi connectivity index (χ3n) is 2.55. The third-order valence-corrected chi connectivity index (χ3v) is 2.75. The standard InChI is InChI=1S/C9H18N2S/c1-8-2-5-11(6-3-8)7-4-9(10)12/h8H,2-7H2,1H3,(H2,10,12). The first kappa shape index (κ1) is 9.93. The molecule has 0 unspecified atom stereocenters. The maximum absolute atomic E-state index is 5.44. The van der Waals surface area contributed by atoms with Gasteiger partial charge in [-0.05, 0) is 31.8 Å². The molecule has 0 radical (unpaired) electrons. The molecular weight excluding hydrogens is 168 g/mol. The fourth-order valence-electron chi connectivity index (χ4n) is 1.55. The summed E-state index contributed by atoms with van der Waals surface area (Å²) in [6, 6.07) is 0. The molecular formula is C9H18N2S. The molecule has 1 saturated heterocycles. The summed E-state index contributed by atoms with van der Waals surface area (Å²) in [6.45, 7) is 5.83. The maximum Gasteiger partial charge on any atom is 0.0740 e. The summed E-state index contributed by atoms with van der Waals surface area (Å²) >= 11 is 4.84. The Bertz CT molecular complexity index is 151. The minimum absolute atomic E-state index is 0.647. The van der Waals surface area contributed by atoms with Crippen LogP contribution in [0.4, 0.5) is 0 Å². The molecule has 0 saturated carbocycles. The van der Waals surface area contributed by atoms with Crippen LogP contribution in [0.2, 0.25) is 0 Å². The molecule has 1 heterocycles. The second kappa shape index (κ2) is 4.77. The molecule has 0 amide bonds. The summed E-state index contributed by atoms with van der Waals surface area (Å²) in [5.74, 6) is 0.908. The van der Waals surface area contributed by atoms with Crippen molar-refractivity contribution >= 4 is 17.2 Å². The van der Waals surface area contributed by atoms with E-state index in [1.54, 1.807) is 0 Å². The molecule has 0 aromatic heterocycles. The van der Waals surface area contributed by atoms with Crippen molar-refractivity contribution in [3.63, 3.8) is 0 Å². The van der Waals surface area contributed by atoms with Crippen molar-refractivity contribution in [1.29, 1.82) is 0 Å². The van der Waals surface area contributed by atoms with Gasteiger partial charge in [0, 0.05) is 13.0 Å². The van der Waals surface area contributed by atoms with Crippen molar-refractivity contribution in [2.45, 2.75) is 26.2 Å². The number of rotatable bonds is 3. The van der Waals surface area contributed by atoms with Gasteiger partial charge in [0.1, 0.15) is 0 Å². The van der Waals surface area contributed by atoms with Crippen molar-refractivity contribution in [1.82, 2.24) is 4.90 Å². The lowest BCUT2D eigenvalue weighted by molar-refractivity contribution is 0.197. The Hall–Kier alpha value is -0.150. The lowest BCUT2D eigenvalue weighted by atomic mass is 9.99. The Balaban J connectivity index is 2.13. The van der Waals surface area contributed by atoms with E-state index >= 15 is 0 Å². The molecule has 1 aliphatic rings. The Morgan fingerprint density at radius 1 is 1.50 bits per heavy atom. The Kier molecular flexibility index (Phi) is 3.95. The molecule has 70 valence electrons. The summed E-state index contributed by atoms with van der Waals surface area (Å²) in [5.41, 5.74) is 5.44. The molecule has 12 heavy (non-hydrogen) atoms. The predicted molar refractivity (Wildman–Crippen MR) is 56.2 cm³/mol. The molecule has 1 aliphatic heterocycles. The van der Waals surface area contributed by atoms with Crippen LogP contribution in [0.15, 0.2) is 0 Å². The van der Waals surface area contributed by atoms with Crippen LogP contribution in [0, 0.1) is 5.92 Å². The van der Waals surface area contributed by atoms with Gasteiger partial charge in [-0.15, -0.1) is 0 Å². The number of hydrogen-bond donors (Lipinski definition) is 1. The zero-order valence-corrected chi connectivity index (χ0v) is 8.57. The van der Waals surface area contributed by atoms with Gasteiger partial charge in [-0.3, -0.25) is 0 Å². The average molecular weight is 186 g/mol. The lowest BCUT2D eigenvalue weighted by Crippen LogP contribution is -2.34. The first-order valence-corrected chi connectivity index (χ1v) is 5.10. The molecule has 2 N–H and O–H groups in total. The summed E-state index contributed by atoms with van der Waals surface area (Å²) in [7, 11) is 0. The number of likely N-dealkylation sites (tertiary alicyclic amines) is 1. The van der Waals surface area contributed by atoms with Gasteiger partial charge < -0.3 is 10.6 Å². The van der Waals surface area contributed by atoms with E-state index < -0.39 is 0 Å². The second-order valence-corrected chi connectivity index (χ2v) is 4.26. The molecule has 0 bridgehead atoms. The van der Waals surface area contributed by atoms with Crippen LogP contribution in [-0.4, -0.2) is 29.5 Å². The quantitative estimate of drug-likeness (QED) is 0.675. The highest BCUT2D eigenvalue weighted by molar-refractivity contribution is 7.80. The summed E-state index contributed by atoms with van der Waals surface area (Å²) in [6.07, 6.45) is 3.54. The number of nitrogens with two attached hydrogens (primary N) is 1. The van der Waals surface area contributed by atoms with Crippen LogP contribution >= 0.6 is 12.2 Å². The van der Waals surface area contributed by atoms with E-state index in [-0.39, 0.29) is 0 Å². The monoisotopic (exact) mass is 186 g/mol. The molecule has 0 aliphatic carbocycles. The van der Waals surface area contributed by atoms with E-state index in [9.17, 15) is 0 Å². The van der Waals surface area contributed by atoms with E-state index in [1.807, 2.05) is 0 Å². The highest BCUT2D eigenvalue weighted by Crippen LogP contribution is 2.15. The molecule has 1 fully saturated rings. The number of nitrogens with zero attached hydrogens (tertiary/aromatic N) is 1. The SMILES string of the molecule is CC1CCN(CCC(N)=S)CC1. The van der Waals surface area contributed by atoms with Crippen LogP contribution in [-0.2, 0) is 0 Å². The van der Waals surface area contributed by atoms with Crippen LogP contribution < -0.4 is 5.73 Å². The van der Waals surface area contributed by atoms with Gasteiger partial charge in [0.05, 0.1) is 4.99 Å². The normalized spacial score (nSPS) is 21.1. The van der Waals surface area contributed by atoms with Gasteiger partial charge in [-0.2, -0.15) is 0 Å². The van der Waals surface area contributed by atoms with E-state index in [4.69, 9.17) is 18.0 Å². The average Bonchev–Trinajstić information content (AvgIpc) is 2.03. The summed E-state index contributed by atoms with van der Waals surface area (Å²) < 4.78 is 0. The molecule has 0 spiro atoms. The fraction of sp³-hybridized carbons (Fsp3) is 0.889. The smallest absolute Gasteiger partial charge is 0.0740 e. The number of piperidine rings is 1. The van der Waals surface area contributed by atoms with E-state index in [1.165, 1.54) is 25.9 Å². The van der Waals surface area contributed by atoms with E-state index in [0.717, 1.165) is 18.9 Å². The molecule has 2 nitrogen and oxygen atoms in total. The Labute approximate surface area is 80.1 Å². The van der Waals surface area contributed by atoms with Crippen LogP contribution in [0.3, 0.4) is 0 Å². The Morgan fingerprint density at radius 3 is 2.58 bits per heavy atom. The number of hydrogen-bond acceptors (Lipinski definition) is 2. The van der Waals surface area contributed by atoms with E-state index in [2.05, 4.69) is 11.8 Å². The van der Waals surface area contributed by atoms with Crippen LogP contribution in [0.5, 0.6) is 0 Å². The molecule has 0 aromatic carbocycles. The molecule has 3 heteroatoms. The van der Waals surface area contributed by atoms with Gasteiger partial charge in [-0.25, -0.2) is 0 Å². The van der Waals surface area contributed by atoms with Crippen molar-refractivity contribution in [3.05, 3.63) is 0 Å². The van der Waals surface area contributed by atoms with Crippen molar-refractivity contribution in [2.75, 3.05) is 19.6 Å². The van der Waals surface area contributed by atoms with Gasteiger partial charge in [-0.1, -0.05) is 19.1 Å². The maximum atomic E-state index is 5.44. The van der Waals surface area contributed by atoms with Crippen molar-refractivity contribution in [2.24, 2.45) is 11.7 Å². The summed E-state index contributed by atoms with van der Waals surface area (Å²) in [4.78, 5) is 3.10. The second-order valence-electron chi connectivity index (χ2n) is 3.74. The largest absolute Gasteiger partial charge is 0.393 e. The molecule has 0 atom stereocenters. The lowest BCUT2D eigenvalue weighted by Gasteiger charge is -2.29. The topological polar surface area (TPSA) is 29.3 Å². The van der Waals surface area contributed by atoms with Crippen molar-refractivity contribution in [3.8, 4) is 0 Å². The van der Waals surface area contributed by atoms with Crippen molar-refractivity contribution < 1.29 is 0 Å². The first-order chi connectivity index (χ1) is 5.68. The van der Waals surface area contributed by atoms with Gasteiger partial charge in [0.2, 0.25) is 0 Å². The zero-order chi connectivity index (χ0) is 8.97. The highest BCUT2D eigenvalue weighted by Gasteiger charge is 2.14. The minimum Gasteiger partial charge on any atom is -0.393 e. The molecule has 1 rings (SSSR count). The van der Waals surface area contributed by atoms with Crippen LogP contribution in [0.1, 0.15) is 26.2 Å². The fourth-order valence-corrected chi connectivity index (χ4v) is 1.65. The van der Waals surface area contributed by atoms with Crippen LogP contribution in [0.25, 0.3) is 0 Å². The third kappa shape index (κ3) is 3.50. The molecule has 0 aromatic rings.